The fourth-order valence-electron chi connectivity index (χ4n) is 2.24. The maximum Gasteiger partial charge on any atom is 0.341 e. The highest BCUT2D eigenvalue weighted by Crippen LogP contribution is 2.28. The third kappa shape index (κ3) is 4.66. The molecule has 0 bridgehead atoms. The largest absolute Gasteiger partial charge is 0.493 e. The van der Waals surface area contributed by atoms with E-state index in [-0.39, 0.29) is 6.61 Å². The van der Waals surface area contributed by atoms with Gasteiger partial charge in [-0.3, -0.25) is 0 Å². The first-order chi connectivity index (χ1) is 12.5. The molecule has 0 unspecified atom stereocenters. The number of furan rings is 1. The molecule has 0 spiro atoms. The molecule has 26 heavy (non-hydrogen) atoms. The average molecular weight is 360 g/mol. The van der Waals surface area contributed by atoms with Crippen molar-refractivity contribution in [3.05, 3.63) is 53.0 Å². The molecule has 0 aliphatic carbocycles. The first-order valence-electron chi connectivity index (χ1n) is 7.73. The minimum Gasteiger partial charge on any atom is -0.493 e. The van der Waals surface area contributed by atoms with Crippen molar-refractivity contribution in [3.63, 3.8) is 0 Å². The van der Waals surface area contributed by atoms with Gasteiger partial charge in [0.1, 0.15) is 23.7 Å². The fourth-order valence-corrected chi connectivity index (χ4v) is 2.24. The molecule has 0 aliphatic rings. The van der Waals surface area contributed by atoms with E-state index in [1.807, 2.05) is 0 Å². The van der Waals surface area contributed by atoms with E-state index in [9.17, 15) is 9.59 Å². The number of esters is 2. The molecule has 2 rings (SSSR count). The molecule has 2 aromatic rings. The molecule has 0 atom stereocenters. The molecular weight excluding hydrogens is 340 g/mol. The Labute approximate surface area is 151 Å². The second-order valence-electron chi connectivity index (χ2n) is 5.23. The van der Waals surface area contributed by atoms with Crippen molar-refractivity contribution >= 4 is 18.0 Å². The summed E-state index contributed by atoms with van der Waals surface area (Å²) >= 11 is 0. The zero-order chi connectivity index (χ0) is 19.1. The number of aryl methyl sites for hydroxylation is 1. The van der Waals surface area contributed by atoms with Gasteiger partial charge < -0.3 is 23.4 Å². The van der Waals surface area contributed by atoms with Crippen molar-refractivity contribution in [2.75, 3.05) is 21.3 Å². The Hall–Kier alpha value is -3.22. The molecule has 0 aliphatic heterocycles. The van der Waals surface area contributed by atoms with Gasteiger partial charge in [0.05, 0.1) is 21.3 Å². The summed E-state index contributed by atoms with van der Waals surface area (Å²) in [6.07, 6.45) is 2.88. The predicted molar refractivity (Wildman–Crippen MR) is 93.2 cm³/mol. The number of hydrogen-bond donors (Lipinski definition) is 0. The maximum atomic E-state index is 11.9. The third-order valence-corrected chi connectivity index (χ3v) is 3.55. The minimum atomic E-state index is -0.548. The van der Waals surface area contributed by atoms with Crippen molar-refractivity contribution in [2.24, 2.45) is 0 Å². The Kier molecular flexibility index (Phi) is 6.43. The molecule has 0 saturated heterocycles. The molecule has 0 N–H and O–H groups in total. The smallest absolute Gasteiger partial charge is 0.341 e. The van der Waals surface area contributed by atoms with Crippen LogP contribution in [0.3, 0.4) is 0 Å². The Morgan fingerprint density at radius 2 is 1.81 bits per heavy atom. The van der Waals surface area contributed by atoms with Crippen molar-refractivity contribution in [1.82, 2.24) is 0 Å². The summed E-state index contributed by atoms with van der Waals surface area (Å²) in [7, 11) is 4.37. The van der Waals surface area contributed by atoms with Gasteiger partial charge in [0.25, 0.3) is 0 Å². The van der Waals surface area contributed by atoms with E-state index in [0.29, 0.717) is 28.6 Å². The summed E-state index contributed by atoms with van der Waals surface area (Å²) < 4.78 is 25.5. The number of methoxy groups -OCH3 is 3. The van der Waals surface area contributed by atoms with Crippen LogP contribution in [0.15, 0.2) is 34.8 Å². The topological polar surface area (TPSA) is 84.2 Å². The third-order valence-electron chi connectivity index (χ3n) is 3.55. The summed E-state index contributed by atoms with van der Waals surface area (Å²) in [6, 6.07) is 6.75. The summed E-state index contributed by atoms with van der Waals surface area (Å²) in [5.41, 5.74) is 1.06. The van der Waals surface area contributed by atoms with Gasteiger partial charge in [0, 0.05) is 6.08 Å². The monoisotopic (exact) mass is 360 g/mol. The molecular formula is C19H20O7. The summed E-state index contributed by atoms with van der Waals surface area (Å²) in [4.78, 5) is 23.4. The number of hydrogen-bond acceptors (Lipinski definition) is 7. The highest BCUT2D eigenvalue weighted by atomic mass is 16.5. The first-order valence-corrected chi connectivity index (χ1v) is 7.73. The molecule has 0 fully saturated rings. The number of carbonyl (C=O) groups is 2. The zero-order valence-corrected chi connectivity index (χ0v) is 15.0. The van der Waals surface area contributed by atoms with Crippen LogP contribution in [-0.2, 0) is 20.9 Å². The van der Waals surface area contributed by atoms with Gasteiger partial charge in [0.2, 0.25) is 0 Å². The summed E-state index contributed by atoms with van der Waals surface area (Å²) in [5, 5.41) is 0. The molecule has 0 saturated carbocycles. The minimum absolute atomic E-state index is 0.0903. The van der Waals surface area contributed by atoms with E-state index in [0.717, 1.165) is 5.56 Å². The Balaban J connectivity index is 1.97. The van der Waals surface area contributed by atoms with E-state index < -0.39 is 11.9 Å². The Morgan fingerprint density at radius 3 is 2.46 bits per heavy atom. The van der Waals surface area contributed by atoms with Gasteiger partial charge in [-0.1, -0.05) is 6.07 Å². The molecule has 0 amide bonds. The average Bonchev–Trinajstić information content (AvgIpc) is 3.04. The fraction of sp³-hybridized carbons (Fsp3) is 0.263. The molecule has 1 aromatic carbocycles. The predicted octanol–water partition coefficient (Wildman–Crippen LogP) is 3.15. The van der Waals surface area contributed by atoms with Crippen LogP contribution < -0.4 is 9.47 Å². The molecule has 7 heteroatoms. The summed E-state index contributed by atoms with van der Waals surface area (Å²) in [6.45, 7) is 1.54. The van der Waals surface area contributed by atoms with Crippen LogP contribution in [-0.4, -0.2) is 33.3 Å². The normalized spacial score (nSPS) is 10.6. The van der Waals surface area contributed by atoms with Crippen molar-refractivity contribution in [2.45, 2.75) is 13.5 Å². The van der Waals surface area contributed by atoms with E-state index >= 15 is 0 Å². The highest BCUT2D eigenvalue weighted by molar-refractivity contribution is 5.90. The Bertz CT molecular complexity index is 817. The van der Waals surface area contributed by atoms with Crippen LogP contribution in [0.5, 0.6) is 11.5 Å². The van der Waals surface area contributed by atoms with E-state index in [1.54, 1.807) is 38.3 Å². The number of rotatable bonds is 7. The second-order valence-corrected chi connectivity index (χ2v) is 5.23. The highest BCUT2D eigenvalue weighted by Gasteiger charge is 2.15. The van der Waals surface area contributed by atoms with Gasteiger partial charge in [-0.15, -0.1) is 0 Å². The zero-order valence-electron chi connectivity index (χ0n) is 15.0. The Morgan fingerprint density at radius 1 is 1.08 bits per heavy atom. The number of benzene rings is 1. The van der Waals surface area contributed by atoms with Crippen molar-refractivity contribution < 1.29 is 33.0 Å². The lowest BCUT2D eigenvalue weighted by atomic mass is 10.2. The van der Waals surface area contributed by atoms with Crippen LogP contribution >= 0.6 is 0 Å². The molecule has 138 valence electrons. The number of carbonyl (C=O) groups excluding carboxylic acids is 2. The van der Waals surface area contributed by atoms with Crippen LogP contribution in [0.25, 0.3) is 6.08 Å². The second kappa shape index (κ2) is 8.75. The molecule has 7 nitrogen and oxygen atoms in total. The van der Waals surface area contributed by atoms with Gasteiger partial charge in [-0.2, -0.15) is 0 Å². The lowest BCUT2D eigenvalue weighted by molar-refractivity contribution is -0.139. The van der Waals surface area contributed by atoms with E-state index in [2.05, 4.69) is 4.74 Å². The van der Waals surface area contributed by atoms with Gasteiger partial charge in [-0.05, 0) is 36.8 Å². The van der Waals surface area contributed by atoms with Crippen LogP contribution in [0.4, 0.5) is 0 Å². The first kappa shape index (κ1) is 19.1. The number of ether oxygens (including phenoxy) is 4. The standard InChI is InChI=1S/C19H20O7/c1-12-15(19(21)24-4)10-14(26-12)11-25-18(20)8-6-13-5-7-16(22-2)17(9-13)23-3/h5-10H,11H2,1-4H3/b8-6+. The van der Waals surface area contributed by atoms with Gasteiger partial charge in [-0.25, -0.2) is 9.59 Å². The summed E-state index contributed by atoms with van der Waals surface area (Å²) in [5.74, 6) is 0.872. The molecule has 1 aromatic heterocycles. The van der Waals surface area contributed by atoms with Crippen LogP contribution in [0.1, 0.15) is 27.4 Å². The van der Waals surface area contributed by atoms with Crippen molar-refractivity contribution in [1.29, 1.82) is 0 Å². The van der Waals surface area contributed by atoms with Crippen LogP contribution in [0.2, 0.25) is 0 Å². The molecule has 1 heterocycles. The molecule has 0 radical (unpaired) electrons. The quantitative estimate of drug-likeness (QED) is 0.554. The van der Waals surface area contributed by atoms with Gasteiger partial charge in [0.15, 0.2) is 11.5 Å². The van der Waals surface area contributed by atoms with Crippen LogP contribution in [0, 0.1) is 6.92 Å². The van der Waals surface area contributed by atoms with E-state index in [4.69, 9.17) is 18.6 Å². The SMILES string of the molecule is COC(=O)c1cc(COC(=O)/C=C/c2ccc(OC)c(OC)c2)oc1C. The van der Waals surface area contributed by atoms with Gasteiger partial charge >= 0.3 is 11.9 Å². The van der Waals surface area contributed by atoms with Crippen molar-refractivity contribution in [3.8, 4) is 11.5 Å². The maximum absolute atomic E-state index is 11.9. The lowest BCUT2D eigenvalue weighted by Gasteiger charge is -2.07. The lowest BCUT2D eigenvalue weighted by Crippen LogP contribution is -2.01. The van der Waals surface area contributed by atoms with E-state index in [1.165, 1.54) is 26.4 Å².